The third-order valence-electron chi connectivity index (χ3n) is 2.45. The van der Waals surface area contributed by atoms with Gasteiger partial charge in [0.15, 0.2) is 17.3 Å². The maximum absolute atomic E-state index is 12.2. The van der Waals surface area contributed by atoms with Crippen molar-refractivity contribution in [1.82, 2.24) is 9.59 Å². The molecule has 2 rings (SSSR count). The number of aromatic nitrogens is 2. The monoisotopic (exact) mass is 312 g/mol. The zero-order valence-corrected chi connectivity index (χ0v) is 11.6. The second-order valence-corrected chi connectivity index (χ2v) is 4.38. The molecule has 0 radical (unpaired) electrons. The highest BCUT2D eigenvalue weighted by molar-refractivity contribution is 7.03. The first kappa shape index (κ1) is 15.0. The summed E-state index contributed by atoms with van der Waals surface area (Å²) in [5, 5.41) is 5.45. The van der Waals surface area contributed by atoms with Gasteiger partial charge in [-0.25, -0.2) is 0 Å². The van der Waals surface area contributed by atoms with Crippen LogP contribution in [0.15, 0.2) is 29.7 Å². The number of benzene rings is 1. The number of carbonyl (C=O) groups excluding carboxylic acids is 1. The molecule has 1 aromatic carbocycles. The van der Waals surface area contributed by atoms with Crippen molar-refractivity contribution in [2.45, 2.75) is 6.61 Å². The van der Waals surface area contributed by atoms with Crippen molar-refractivity contribution in [3.63, 3.8) is 0 Å². The van der Waals surface area contributed by atoms with Gasteiger partial charge in [-0.2, -0.15) is 8.78 Å². The van der Waals surface area contributed by atoms with Crippen molar-refractivity contribution in [3.8, 4) is 11.5 Å². The number of ketones is 1. The standard InChI is InChI=1S/C13H10F2N2O3S/c1-19-12-6-8(2-5-11(12)20-13(14)15)10(18)4-3-9-7-21-17-16-9/h2-7,13H,1H3. The Balaban J connectivity index is 2.18. The third kappa shape index (κ3) is 4.06. The molecule has 0 aliphatic heterocycles. The Morgan fingerprint density at radius 2 is 2.19 bits per heavy atom. The van der Waals surface area contributed by atoms with E-state index in [-0.39, 0.29) is 22.8 Å². The Morgan fingerprint density at radius 1 is 1.38 bits per heavy atom. The van der Waals surface area contributed by atoms with Crippen LogP contribution in [0.25, 0.3) is 6.08 Å². The summed E-state index contributed by atoms with van der Waals surface area (Å²) >= 11 is 1.17. The van der Waals surface area contributed by atoms with Gasteiger partial charge in [-0.15, -0.1) is 5.10 Å². The van der Waals surface area contributed by atoms with Crippen LogP contribution in [0.2, 0.25) is 0 Å². The fraction of sp³-hybridized carbons (Fsp3) is 0.154. The lowest BCUT2D eigenvalue weighted by molar-refractivity contribution is -0.0512. The van der Waals surface area contributed by atoms with Crippen LogP contribution in [0.1, 0.15) is 16.1 Å². The first-order valence-corrected chi connectivity index (χ1v) is 6.56. The van der Waals surface area contributed by atoms with E-state index in [2.05, 4.69) is 14.3 Å². The van der Waals surface area contributed by atoms with Crippen LogP contribution in [0.3, 0.4) is 0 Å². The fourth-order valence-corrected chi connectivity index (χ4v) is 1.94. The van der Waals surface area contributed by atoms with Gasteiger partial charge < -0.3 is 9.47 Å². The van der Waals surface area contributed by atoms with Gasteiger partial charge >= 0.3 is 6.61 Å². The van der Waals surface area contributed by atoms with E-state index in [1.165, 1.54) is 49.0 Å². The molecule has 0 unspecified atom stereocenters. The molecule has 0 aliphatic carbocycles. The molecule has 2 aromatic rings. The maximum atomic E-state index is 12.2. The number of halogens is 2. The van der Waals surface area contributed by atoms with E-state index >= 15 is 0 Å². The van der Waals surface area contributed by atoms with Gasteiger partial charge in [0, 0.05) is 10.9 Å². The molecule has 0 fully saturated rings. The number of hydrogen-bond donors (Lipinski definition) is 0. The molecule has 8 heteroatoms. The first-order valence-electron chi connectivity index (χ1n) is 5.72. The zero-order valence-electron chi connectivity index (χ0n) is 10.8. The number of alkyl halides is 2. The van der Waals surface area contributed by atoms with E-state index in [4.69, 9.17) is 4.74 Å². The molecule has 0 spiro atoms. The Morgan fingerprint density at radius 3 is 2.81 bits per heavy atom. The molecule has 0 bridgehead atoms. The highest BCUT2D eigenvalue weighted by atomic mass is 32.1. The van der Waals surface area contributed by atoms with E-state index in [0.29, 0.717) is 5.69 Å². The summed E-state index contributed by atoms with van der Waals surface area (Å²) in [7, 11) is 1.30. The van der Waals surface area contributed by atoms with Crippen LogP contribution < -0.4 is 9.47 Å². The van der Waals surface area contributed by atoms with Gasteiger partial charge in [-0.1, -0.05) is 4.49 Å². The Labute approximate surface area is 123 Å². The molecule has 110 valence electrons. The van der Waals surface area contributed by atoms with Crippen molar-refractivity contribution in [2.24, 2.45) is 0 Å². The summed E-state index contributed by atoms with van der Waals surface area (Å²) in [6.45, 7) is -2.96. The van der Waals surface area contributed by atoms with E-state index in [0.717, 1.165) is 0 Å². The van der Waals surface area contributed by atoms with E-state index < -0.39 is 6.61 Å². The summed E-state index contributed by atoms with van der Waals surface area (Å²) < 4.78 is 37.3. The Bertz CT molecular complexity index is 645. The third-order valence-corrected chi connectivity index (χ3v) is 2.97. The molecule has 0 saturated heterocycles. The molecule has 5 nitrogen and oxygen atoms in total. The topological polar surface area (TPSA) is 61.3 Å². The number of rotatable bonds is 6. The molecule has 1 aromatic heterocycles. The largest absolute Gasteiger partial charge is 0.493 e. The first-order chi connectivity index (χ1) is 10.1. The lowest BCUT2D eigenvalue weighted by atomic mass is 10.1. The van der Waals surface area contributed by atoms with Crippen molar-refractivity contribution >= 4 is 23.4 Å². The van der Waals surface area contributed by atoms with Gasteiger partial charge in [0.2, 0.25) is 0 Å². The predicted molar refractivity (Wildman–Crippen MR) is 72.9 cm³/mol. The van der Waals surface area contributed by atoms with E-state index in [1.54, 1.807) is 5.38 Å². The van der Waals surface area contributed by atoms with Crippen molar-refractivity contribution in [1.29, 1.82) is 0 Å². The number of carbonyl (C=O) groups is 1. The summed E-state index contributed by atoms with van der Waals surface area (Å²) in [5.74, 6) is -0.383. The SMILES string of the molecule is COc1cc(C(=O)C=Cc2csnn2)ccc1OC(F)F. The van der Waals surface area contributed by atoms with Crippen LogP contribution in [-0.2, 0) is 0 Å². The van der Waals surface area contributed by atoms with Crippen LogP contribution in [-0.4, -0.2) is 29.1 Å². The smallest absolute Gasteiger partial charge is 0.387 e. The zero-order chi connectivity index (χ0) is 15.2. The van der Waals surface area contributed by atoms with Crippen LogP contribution >= 0.6 is 11.5 Å². The molecule has 1 heterocycles. The average Bonchev–Trinajstić information content (AvgIpc) is 2.98. The van der Waals surface area contributed by atoms with Crippen molar-refractivity contribution < 1.29 is 23.0 Å². The van der Waals surface area contributed by atoms with E-state index in [1.807, 2.05) is 0 Å². The van der Waals surface area contributed by atoms with Crippen LogP contribution in [0, 0.1) is 0 Å². The number of hydrogen-bond acceptors (Lipinski definition) is 6. The number of nitrogens with zero attached hydrogens (tertiary/aromatic N) is 2. The van der Waals surface area contributed by atoms with Gasteiger partial charge in [0.25, 0.3) is 0 Å². The summed E-state index contributed by atoms with van der Waals surface area (Å²) in [5.41, 5.74) is 0.853. The van der Waals surface area contributed by atoms with Gasteiger partial charge in [0.05, 0.1) is 12.8 Å². The Kier molecular flexibility index (Phi) is 4.94. The van der Waals surface area contributed by atoms with E-state index in [9.17, 15) is 13.6 Å². The summed E-state index contributed by atoms with van der Waals surface area (Å²) in [6, 6.07) is 3.98. The molecule has 0 N–H and O–H groups in total. The van der Waals surface area contributed by atoms with Crippen molar-refractivity contribution in [3.05, 3.63) is 40.9 Å². The molecule has 0 atom stereocenters. The lowest BCUT2D eigenvalue weighted by Gasteiger charge is -2.10. The molecular formula is C13H10F2N2O3S. The predicted octanol–water partition coefficient (Wildman–Crippen LogP) is 3.04. The van der Waals surface area contributed by atoms with Gasteiger partial charge in [-0.3, -0.25) is 4.79 Å². The number of allylic oxidation sites excluding steroid dienone is 1. The highest BCUT2D eigenvalue weighted by Gasteiger charge is 2.13. The lowest BCUT2D eigenvalue weighted by Crippen LogP contribution is -2.04. The van der Waals surface area contributed by atoms with Gasteiger partial charge in [0.1, 0.15) is 0 Å². The molecular weight excluding hydrogens is 302 g/mol. The molecule has 0 aliphatic rings. The second kappa shape index (κ2) is 6.89. The number of methoxy groups -OCH3 is 1. The summed E-state index contributed by atoms with van der Waals surface area (Å²) in [4.78, 5) is 12.0. The average molecular weight is 312 g/mol. The molecule has 21 heavy (non-hydrogen) atoms. The minimum atomic E-state index is -2.96. The second-order valence-electron chi connectivity index (χ2n) is 3.77. The molecule has 0 saturated carbocycles. The maximum Gasteiger partial charge on any atom is 0.387 e. The quantitative estimate of drug-likeness (QED) is 0.606. The van der Waals surface area contributed by atoms with Gasteiger partial charge in [-0.05, 0) is 41.9 Å². The fourth-order valence-electron chi connectivity index (χ4n) is 1.52. The normalized spacial score (nSPS) is 11.0. The Hall–Kier alpha value is -2.35. The minimum Gasteiger partial charge on any atom is -0.493 e. The highest BCUT2D eigenvalue weighted by Crippen LogP contribution is 2.29. The van der Waals surface area contributed by atoms with Crippen LogP contribution in [0.5, 0.6) is 11.5 Å². The van der Waals surface area contributed by atoms with Crippen molar-refractivity contribution in [2.75, 3.05) is 7.11 Å². The minimum absolute atomic E-state index is 0.0601. The summed E-state index contributed by atoms with van der Waals surface area (Å²) in [6.07, 6.45) is 2.83. The molecule has 0 amide bonds. The van der Waals surface area contributed by atoms with Crippen LogP contribution in [0.4, 0.5) is 8.78 Å². The number of ether oxygens (including phenoxy) is 2.